The maximum atomic E-state index is 13.1. The molecule has 0 aromatic heterocycles. The van der Waals surface area contributed by atoms with E-state index in [9.17, 15) is 14.0 Å². The summed E-state index contributed by atoms with van der Waals surface area (Å²) in [4.78, 5) is 26.7. The first-order valence-electron chi connectivity index (χ1n) is 8.77. The van der Waals surface area contributed by atoms with Crippen molar-refractivity contribution in [3.63, 3.8) is 0 Å². The number of carbonyl (C=O) groups excluding carboxylic acids is 2. The molecule has 1 aromatic rings. The van der Waals surface area contributed by atoms with Gasteiger partial charge in [0.05, 0.1) is 0 Å². The molecule has 0 unspecified atom stereocenters. The van der Waals surface area contributed by atoms with Crippen molar-refractivity contribution in [3.05, 3.63) is 35.6 Å². The molecule has 0 radical (unpaired) electrons. The van der Waals surface area contributed by atoms with Gasteiger partial charge in [-0.15, -0.1) is 0 Å². The highest BCUT2D eigenvalue weighted by Crippen LogP contribution is 2.15. The molecule has 134 valence electrons. The van der Waals surface area contributed by atoms with Crippen molar-refractivity contribution in [2.24, 2.45) is 0 Å². The van der Waals surface area contributed by atoms with Crippen molar-refractivity contribution in [1.82, 2.24) is 10.2 Å². The molecule has 5 heteroatoms. The second-order valence-corrected chi connectivity index (χ2v) is 6.14. The van der Waals surface area contributed by atoms with Gasteiger partial charge < -0.3 is 10.2 Å². The van der Waals surface area contributed by atoms with Gasteiger partial charge in [0.1, 0.15) is 11.9 Å². The zero-order chi connectivity index (χ0) is 18.1. The molecule has 0 saturated heterocycles. The molecule has 4 nitrogen and oxygen atoms in total. The molecule has 2 atom stereocenters. The van der Waals surface area contributed by atoms with Crippen LogP contribution in [-0.2, 0) is 16.1 Å². The van der Waals surface area contributed by atoms with Crippen molar-refractivity contribution in [2.45, 2.75) is 72.0 Å². The zero-order valence-corrected chi connectivity index (χ0v) is 15.1. The number of hydrogen-bond donors (Lipinski definition) is 1. The van der Waals surface area contributed by atoms with Crippen molar-refractivity contribution >= 4 is 11.8 Å². The van der Waals surface area contributed by atoms with Gasteiger partial charge in [0, 0.05) is 19.0 Å². The molecule has 0 fully saturated rings. The SMILES string of the molecule is CCCC(=O)N(Cc1ccc(F)cc1)[C@@H](CC)C(=O)N[C@@H](C)CC. The van der Waals surface area contributed by atoms with Gasteiger partial charge in [0.2, 0.25) is 11.8 Å². The summed E-state index contributed by atoms with van der Waals surface area (Å²) < 4.78 is 13.1. The van der Waals surface area contributed by atoms with Gasteiger partial charge in [0.15, 0.2) is 0 Å². The van der Waals surface area contributed by atoms with Crippen LogP contribution in [0.15, 0.2) is 24.3 Å². The first kappa shape index (κ1) is 20.1. The summed E-state index contributed by atoms with van der Waals surface area (Å²) in [5.74, 6) is -0.488. The number of nitrogens with zero attached hydrogens (tertiary/aromatic N) is 1. The van der Waals surface area contributed by atoms with Crippen LogP contribution in [-0.4, -0.2) is 28.8 Å². The van der Waals surface area contributed by atoms with Crippen molar-refractivity contribution in [1.29, 1.82) is 0 Å². The van der Waals surface area contributed by atoms with Crippen LogP contribution in [0.5, 0.6) is 0 Å². The van der Waals surface area contributed by atoms with E-state index in [1.807, 2.05) is 27.7 Å². The van der Waals surface area contributed by atoms with E-state index < -0.39 is 6.04 Å². The highest BCUT2D eigenvalue weighted by Gasteiger charge is 2.28. The molecule has 1 aromatic carbocycles. The first-order chi connectivity index (χ1) is 11.4. The number of nitrogens with one attached hydrogen (secondary N) is 1. The lowest BCUT2D eigenvalue weighted by molar-refractivity contribution is -0.141. The molecule has 0 spiro atoms. The molecule has 1 rings (SSSR count). The Hall–Kier alpha value is -1.91. The van der Waals surface area contributed by atoms with Crippen LogP contribution in [0.2, 0.25) is 0 Å². The van der Waals surface area contributed by atoms with E-state index in [0.29, 0.717) is 19.4 Å². The summed E-state index contributed by atoms with van der Waals surface area (Å²) in [5.41, 5.74) is 0.815. The second-order valence-electron chi connectivity index (χ2n) is 6.14. The van der Waals surface area contributed by atoms with Crippen LogP contribution in [0, 0.1) is 5.82 Å². The lowest BCUT2D eigenvalue weighted by Crippen LogP contribution is -2.50. The summed E-state index contributed by atoms with van der Waals surface area (Å²) in [6.07, 6.45) is 2.50. The molecule has 24 heavy (non-hydrogen) atoms. The molecule has 0 aliphatic rings. The minimum atomic E-state index is -0.511. The van der Waals surface area contributed by atoms with E-state index in [2.05, 4.69) is 5.32 Å². The number of benzene rings is 1. The summed E-state index contributed by atoms with van der Waals surface area (Å²) >= 11 is 0. The maximum absolute atomic E-state index is 13.1. The third-order valence-electron chi connectivity index (χ3n) is 4.12. The lowest BCUT2D eigenvalue weighted by atomic mass is 10.1. The maximum Gasteiger partial charge on any atom is 0.243 e. The average molecular weight is 336 g/mol. The van der Waals surface area contributed by atoms with Crippen LogP contribution < -0.4 is 5.32 Å². The number of amides is 2. The Labute approximate surface area is 144 Å². The van der Waals surface area contributed by atoms with Crippen molar-refractivity contribution in [2.75, 3.05) is 0 Å². The van der Waals surface area contributed by atoms with Gasteiger partial charge in [-0.2, -0.15) is 0 Å². The van der Waals surface area contributed by atoms with E-state index in [1.165, 1.54) is 12.1 Å². The van der Waals surface area contributed by atoms with E-state index in [1.54, 1.807) is 17.0 Å². The monoisotopic (exact) mass is 336 g/mol. The van der Waals surface area contributed by atoms with E-state index in [-0.39, 0.29) is 23.7 Å². The molecule has 0 aliphatic heterocycles. The van der Waals surface area contributed by atoms with Crippen molar-refractivity contribution in [3.8, 4) is 0 Å². The Morgan fingerprint density at radius 3 is 2.25 bits per heavy atom. The molecule has 0 saturated carbocycles. The predicted molar refractivity (Wildman–Crippen MR) is 93.8 cm³/mol. The lowest BCUT2D eigenvalue weighted by Gasteiger charge is -2.31. The van der Waals surface area contributed by atoms with E-state index in [4.69, 9.17) is 0 Å². The third-order valence-corrected chi connectivity index (χ3v) is 4.12. The summed E-state index contributed by atoms with van der Waals surface area (Å²) in [7, 11) is 0. The summed E-state index contributed by atoms with van der Waals surface area (Å²) in [5, 5.41) is 2.96. The fraction of sp³-hybridized carbons (Fsp3) is 0.579. The second kappa shape index (κ2) is 10.1. The van der Waals surface area contributed by atoms with Crippen molar-refractivity contribution < 1.29 is 14.0 Å². The van der Waals surface area contributed by atoms with Gasteiger partial charge in [-0.1, -0.05) is 32.9 Å². The third kappa shape index (κ3) is 5.95. The number of halogens is 1. The van der Waals surface area contributed by atoms with E-state index in [0.717, 1.165) is 18.4 Å². The summed E-state index contributed by atoms with van der Waals surface area (Å²) in [6, 6.07) is 5.61. The van der Waals surface area contributed by atoms with Gasteiger partial charge in [0.25, 0.3) is 0 Å². The largest absolute Gasteiger partial charge is 0.352 e. The van der Waals surface area contributed by atoms with Gasteiger partial charge in [-0.05, 0) is 43.9 Å². The highest BCUT2D eigenvalue weighted by molar-refractivity contribution is 5.87. The molecule has 0 bridgehead atoms. The Balaban J connectivity index is 2.98. The predicted octanol–water partition coefficient (Wildman–Crippen LogP) is 3.65. The van der Waals surface area contributed by atoms with Gasteiger partial charge >= 0.3 is 0 Å². The molecule has 2 amide bonds. The van der Waals surface area contributed by atoms with Crippen LogP contribution >= 0.6 is 0 Å². The van der Waals surface area contributed by atoms with Crippen LogP contribution in [0.25, 0.3) is 0 Å². The topological polar surface area (TPSA) is 49.4 Å². The normalized spacial score (nSPS) is 13.2. The van der Waals surface area contributed by atoms with Gasteiger partial charge in [-0.25, -0.2) is 4.39 Å². The minimum absolute atomic E-state index is 0.0482. The zero-order valence-electron chi connectivity index (χ0n) is 15.1. The molecule has 1 N–H and O–H groups in total. The molecular weight excluding hydrogens is 307 g/mol. The quantitative estimate of drug-likeness (QED) is 0.748. The smallest absolute Gasteiger partial charge is 0.243 e. The Bertz CT molecular complexity index is 531. The Morgan fingerprint density at radius 2 is 1.75 bits per heavy atom. The van der Waals surface area contributed by atoms with Crippen LogP contribution in [0.1, 0.15) is 58.9 Å². The molecule has 0 heterocycles. The number of rotatable bonds is 9. The average Bonchev–Trinajstić information content (AvgIpc) is 2.56. The van der Waals surface area contributed by atoms with Gasteiger partial charge in [-0.3, -0.25) is 9.59 Å². The van der Waals surface area contributed by atoms with Crippen LogP contribution in [0.4, 0.5) is 4.39 Å². The fourth-order valence-corrected chi connectivity index (χ4v) is 2.50. The molecule has 0 aliphatic carbocycles. The Morgan fingerprint density at radius 1 is 1.12 bits per heavy atom. The van der Waals surface area contributed by atoms with E-state index >= 15 is 0 Å². The number of carbonyl (C=O) groups is 2. The minimum Gasteiger partial charge on any atom is -0.352 e. The fourth-order valence-electron chi connectivity index (χ4n) is 2.50. The number of hydrogen-bond acceptors (Lipinski definition) is 2. The standard InChI is InChI=1S/C19H29FN2O2/c1-5-8-18(23)22(13-15-9-11-16(20)12-10-15)17(7-3)19(24)21-14(4)6-2/h9-12,14,17H,5-8,13H2,1-4H3,(H,21,24)/t14-,17-/m0/s1. The first-order valence-corrected chi connectivity index (χ1v) is 8.77. The van der Waals surface area contributed by atoms with Crippen LogP contribution in [0.3, 0.4) is 0 Å². The molecular formula is C19H29FN2O2. The highest BCUT2D eigenvalue weighted by atomic mass is 19.1. The Kier molecular flexibility index (Phi) is 8.44. The summed E-state index contributed by atoms with van der Waals surface area (Å²) in [6.45, 7) is 8.10.